The minimum absolute atomic E-state index is 0. The van der Waals surface area contributed by atoms with Gasteiger partial charge in [-0.1, -0.05) is 17.9 Å². The molecule has 2 aromatic carbocycles. The fraction of sp³-hybridized carbons (Fsp3) is 0.182. The van der Waals surface area contributed by atoms with E-state index in [2.05, 4.69) is 22.5 Å². The van der Waals surface area contributed by atoms with E-state index in [4.69, 9.17) is 10.5 Å². The number of ether oxygens (including phenoxy) is 1. The molecule has 2 heterocycles. The van der Waals surface area contributed by atoms with Crippen LogP contribution >= 0.6 is 0 Å². The largest absolute Gasteiger partial charge is 0.497 e. The molecule has 9 heteroatoms. The zero-order valence-electron chi connectivity index (χ0n) is 16.5. The molecule has 2 aliphatic heterocycles. The topological polar surface area (TPSA) is 131 Å². The van der Waals surface area contributed by atoms with Crippen molar-refractivity contribution >= 4 is 23.8 Å². The maximum atomic E-state index is 12.9. The standard InChI is InChI=1S/C22H18N4O5.H2/c1-31-16-7-6-15-11-26(19(28)17(15)10-16)12-22(20(29)24-21(30)25-22)9-8-13-2-4-14(5-3-13)18(23)27;/h2-7,10H,11-12H2,1H3,(H2,23,27)(H2,24,25,29,30);1H/t22-;/m1./s1. The molecule has 31 heavy (non-hydrogen) atoms. The molecule has 5 amide bonds. The summed E-state index contributed by atoms with van der Waals surface area (Å²) in [6.45, 7) is 0.144. The SMILES string of the molecule is COc1ccc2c(c1)C(=O)N(C[C@@]1(C#Cc3ccc(C(N)=O)cc3)NC(=O)NC1=O)C2.[HH]. The Bertz CT molecular complexity index is 1190. The van der Waals surface area contributed by atoms with Crippen LogP contribution in [0.15, 0.2) is 42.5 Å². The third kappa shape index (κ3) is 3.67. The molecule has 0 spiro atoms. The zero-order chi connectivity index (χ0) is 22.2. The fourth-order valence-electron chi connectivity index (χ4n) is 3.51. The molecule has 0 bridgehead atoms. The fourth-order valence-corrected chi connectivity index (χ4v) is 3.51. The molecule has 1 fully saturated rings. The first kappa shape index (κ1) is 20.0. The molecule has 0 radical (unpaired) electrons. The lowest BCUT2D eigenvalue weighted by Gasteiger charge is -2.26. The second-order valence-corrected chi connectivity index (χ2v) is 7.19. The van der Waals surface area contributed by atoms with Crippen molar-refractivity contribution in [3.05, 3.63) is 64.7 Å². The number of rotatable bonds is 4. The van der Waals surface area contributed by atoms with Gasteiger partial charge in [-0.15, -0.1) is 0 Å². The molecule has 2 aliphatic rings. The van der Waals surface area contributed by atoms with E-state index in [1.165, 1.54) is 24.1 Å². The minimum atomic E-state index is -1.61. The highest BCUT2D eigenvalue weighted by Gasteiger charge is 2.48. The number of imide groups is 1. The second-order valence-electron chi connectivity index (χ2n) is 7.19. The molecule has 9 nitrogen and oxygen atoms in total. The number of fused-ring (bicyclic) bond motifs is 1. The number of nitrogens with one attached hydrogen (secondary N) is 2. The normalized spacial score (nSPS) is 19.3. The number of nitrogens with two attached hydrogens (primary N) is 1. The Kier molecular flexibility index (Phi) is 4.83. The van der Waals surface area contributed by atoms with Crippen LogP contribution in [0.4, 0.5) is 4.79 Å². The molecule has 0 saturated carbocycles. The van der Waals surface area contributed by atoms with Crippen molar-refractivity contribution in [3.63, 3.8) is 0 Å². The molecule has 1 saturated heterocycles. The van der Waals surface area contributed by atoms with Gasteiger partial charge in [0.2, 0.25) is 11.4 Å². The van der Waals surface area contributed by atoms with E-state index in [1.54, 1.807) is 30.3 Å². The van der Waals surface area contributed by atoms with E-state index in [-0.39, 0.29) is 20.4 Å². The highest BCUT2D eigenvalue weighted by molar-refractivity contribution is 6.10. The van der Waals surface area contributed by atoms with Gasteiger partial charge in [-0.3, -0.25) is 19.7 Å². The van der Waals surface area contributed by atoms with Crippen molar-refractivity contribution in [2.75, 3.05) is 13.7 Å². The monoisotopic (exact) mass is 420 g/mol. The lowest BCUT2D eigenvalue weighted by molar-refractivity contribution is -0.122. The number of carbonyl (C=O) groups excluding carboxylic acids is 4. The number of urea groups is 1. The van der Waals surface area contributed by atoms with Crippen molar-refractivity contribution in [2.45, 2.75) is 12.1 Å². The Morgan fingerprint density at radius 2 is 1.97 bits per heavy atom. The molecule has 1 atom stereocenters. The molecule has 158 valence electrons. The predicted molar refractivity (Wildman–Crippen MR) is 111 cm³/mol. The number of benzene rings is 2. The average molecular weight is 420 g/mol. The molecule has 4 rings (SSSR count). The molecule has 0 aliphatic carbocycles. The maximum Gasteiger partial charge on any atom is 0.323 e. The highest BCUT2D eigenvalue weighted by Crippen LogP contribution is 2.28. The van der Waals surface area contributed by atoms with E-state index >= 15 is 0 Å². The summed E-state index contributed by atoms with van der Waals surface area (Å²) in [4.78, 5) is 50.1. The molecule has 0 unspecified atom stereocenters. The van der Waals surface area contributed by atoms with Crippen LogP contribution in [0.2, 0.25) is 0 Å². The Balaban J connectivity index is 0.00000289. The van der Waals surface area contributed by atoms with E-state index in [0.29, 0.717) is 22.4 Å². The Morgan fingerprint density at radius 3 is 2.58 bits per heavy atom. The van der Waals surface area contributed by atoms with E-state index in [0.717, 1.165) is 5.56 Å². The van der Waals surface area contributed by atoms with Gasteiger partial charge in [-0.2, -0.15) is 0 Å². The Hall–Kier alpha value is -4.32. The predicted octanol–water partition coefficient (Wildman–Crippen LogP) is 0.626. The van der Waals surface area contributed by atoms with Crippen molar-refractivity contribution in [1.29, 1.82) is 0 Å². The molecular formula is C22H20N4O5. The molecule has 4 N–H and O–H groups in total. The van der Waals surface area contributed by atoms with Gasteiger partial charge in [0.05, 0.1) is 13.7 Å². The van der Waals surface area contributed by atoms with Gasteiger partial charge in [0.15, 0.2) is 0 Å². The smallest absolute Gasteiger partial charge is 0.323 e. The summed E-state index contributed by atoms with van der Waals surface area (Å²) in [6.07, 6.45) is 0. The van der Waals surface area contributed by atoms with E-state index in [1.807, 2.05) is 0 Å². The minimum Gasteiger partial charge on any atom is -0.497 e. The number of hydrogen-bond donors (Lipinski definition) is 3. The summed E-state index contributed by atoms with van der Waals surface area (Å²) in [5, 5.41) is 4.73. The number of amides is 5. The zero-order valence-corrected chi connectivity index (χ0v) is 16.5. The van der Waals surface area contributed by atoms with Crippen LogP contribution in [0, 0.1) is 11.8 Å². The van der Waals surface area contributed by atoms with Gasteiger partial charge >= 0.3 is 6.03 Å². The van der Waals surface area contributed by atoms with Crippen LogP contribution in [-0.4, -0.2) is 47.8 Å². The summed E-state index contributed by atoms with van der Waals surface area (Å²) in [5.41, 5.74) is 5.73. The Morgan fingerprint density at radius 1 is 1.23 bits per heavy atom. The quantitative estimate of drug-likeness (QED) is 0.493. The number of primary amides is 1. The number of hydrogen-bond acceptors (Lipinski definition) is 5. The van der Waals surface area contributed by atoms with Gasteiger partial charge in [0.25, 0.3) is 11.8 Å². The van der Waals surface area contributed by atoms with E-state index in [9.17, 15) is 19.2 Å². The van der Waals surface area contributed by atoms with Gasteiger partial charge in [-0.25, -0.2) is 4.79 Å². The summed E-state index contributed by atoms with van der Waals surface area (Å²) >= 11 is 0. The number of methoxy groups -OCH3 is 1. The van der Waals surface area contributed by atoms with Crippen molar-refractivity contribution in [3.8, 4) is 17.6 Å². The molecular weight excluding hydrogens is 400 g/mol. The second kappa shape index (κ2) is 7.50. The third-order valence-corrected chi connectivity index (χ3v) is 5.16. The van der Waals surface area contributed by atoms with Crippen molar-refractivity contribution < 1.29 is 25.3 Å². The first-order valence-corrected chi connectivity index (χ1v) is 9.34. The first-order valence-electron chi connectivity index (χ1n) is 9.34. The summed E-state index contributed by atoms with van der Waals surface area (Å²) < 4.78 is 5.17. The van der Waals surface area contributed by atoms with Crippen LogP contribution in [0.3, 0.4) is 0 Å². The van der Waals surface area contributed by atoms with Crippen LogP contribution in [0.1, 0.15) is 33.3 Å². The van der Waals surface area contributed by atoms with Crippen molar-refractivity contribution in [2.24, 2.45) is 5.73 Å². The summed E-state index contributed by atoms with van der Waals surface area (Å²) in [7, 11) is 1.51. The Labute approximate surface area is 179 Å². The summed E-state index contributed by atoms with van der Waals surface area (Å²) in [5.74, 6) is 4.71. The van der Waals surface area contributed by atoms with Crippen molar-refractivity contribution in [1.82, 2.24) is 15.5 Å². The molecule has 0 aromatic heterocycles. The summed E-state index contributed by atoms with van der Waals surface area (Å²) in [6, 6.07) is 10.7. The first-order chi connectivity index (χ1) is 14.8. The van der Waals surface area contributed by atoms with Crippen LogP contribution < -0.4 is 21.1 Å². The number of nitrogens with zero attached hydrogens (tertiary/aromatic N) is 1. The van der Waals surface area contributed by atoms with Crippen LogP contribution in [0.5, 0.6) is 5.75 Å². The number of carbonyl (C=O) groups is 4. The third-order valence-electron chi connectivity index (χ3n) is 5.16. The highest BCUT2D eigenvalue weighted by atomic mass is 16.5. The van der Waals surface area contributed by atoms with Gasteiger partial charge in [0, 0.05) is 24.7 Å². The van der Waals surface area contributed by atoms with Gasteiger partial charge in [0.1, 0.15) is 5.75 Å². The maximum absolute atomic E-state index is 12.9. The van der Waals surface area contributed by atoms with Crippen LogP contribution in [0.25, 0.3) is 0 Å². The molecule has 2 aromatic rings. The van der Waals surface area contributed by atoms with Crippen LogP contribution in [-0.2, 0) is 11.3 Å². The average Bonchev–Trinajstić information content (AvgIpc) is 3.21. The van der Waals surface area contributed by atoms with E-state index < -0.39 is 23.4 Å². The van der Waals surface area contributed by atoms with Gasteiger partial charge in [-0.05, 0) is 42.0 Å². The lowest BCUT2D eigenvalue weighted by Crippen LogP contribution is -2.54. The van der Waals surface area contributed by atoms with Gasteiger partial charge < -0.3 is 20.7 Å². The lowest BCUT2D eigenvalue weighted by atomic mass is 9.99.